The highest BCUT2D eigenvalue weighted by molar-refractivity contribution is 6.31. The normalized spacial score (nSPS) is 33.4. The SMILES string of the molecule is CCCC1CCC(C2CCC(CC(O)c3ccc(C4CO4)c(Cl)c3F)CC2)CC1. The fourth-order valence-electron chi connectivity index (χ4n) is 6.01. The van der Waals surface area contributed by atoms with Crippen molar-refractivity contribution in [1.29, 1.82) is 0 Å². The van der Waals surface area contributed by atoms with Crippen LogP contribution < -0.4 is 0 Å². The summed E-state index contributed by atoms with van der Waals surface area (Å²) >= 11 is 6.19. The van der Waals surface area contributed by atoms with Crippen molar-refractivity contribution in [2.45, 2.75) is 89.8 Å². The van der Waals surface area contributed by atoms with Gasteiger partial charge >= 0.3 is 0 Å². The van der Waals surface area contributed by atoms with E-state index < -0.39 is 11.9 Å². The Bertz CT molecular complexity index is 674. The first-order chi connectivity index (χ1) is 14.1. The van der Waals surface area contributed by atoms with Gasteiger partial charge in [-0.15, -0.1) is 0 Å². The number of ether oxygens (including phenoxy) is 1. The number of benzene rings is 1. The predicted molar refractivity (Wildman–Crippen MR) is 115 cm³/mol. The van der Waals surface area contributed by atoms with Crippen LogP contribution in [-0.2, 0) is 4.74 Å². The van der Waals surface area contributed by atoms with Crippen molar-refractivity contribution < 1.29 is 14.2 Å². The summed E-state index contributed by atoms with van der Waals surface area (Å²) in [5.74, 6) is 2.78. The molecule has 2 aliphatic carbocycles. The lowest BCUT2D eigenvalue weighted by Gasteiger charge is -2.38. The molecule has 0 aromatic heterocycles. The van der Waals surface area contributed by atoms with Crippen LogP contribution in [0.25, 0.3) is 0 Å². The number of halogens is 2. The summed E-state index contributed by atoms with van der Waals surface area (Å²) in [6.07, 6.45) is 13.1. The molecule has 2 saturated carbocycles. The van der Waals surface area contributed by atoms with Crippen LogP contribution >= 0.6 is 11.6 Å². The smallest absolute Gasteiger partial charge is 0.147 e. The fraction of sp³-hybridized carbons (Fsp3) is 0.760. The van der Waals surface area contributed by atoms with Gasteiger partial charge in [-0.05, 0) is 55.8 Å². The summed E-state index contributed by atoms with van der Waals surface area (Å²) in [4.78, 5) is 0. The standard InChI is InChI=1S/C25H36ClFO2/c1-2-3-16-4-8-18(9-5-16)19-10-6-17(7-11-19)14-22(28)20-12-13-21(23-15-29-23)24(26)25(20)27/h12-13,16-19,22-23,28H,2-11,14-15H2,1H3. The number of aliphatic hydroxyl groups is 1. The van der Waals surface area contributed by atoms with Crippen molar-refractivity contribution in [2.24, 2.45) is 23.7 Å². The molecule has 1 aromatic rings. The number of hydrogen-bond donors (Lipinski definition) is 1. The number of hydrogen-bond acceptors (Lipinski definition) is 2. The van der Waals surface area contributed by atoms with E-state index in [0.717, 1.165) is 17.8 Å². The van der Waals surface area contributed by atoms with Crippen LogP contribution in [0.15, 0.2) is 12.1 Å². The van der Waals surface area contributed by atoms with E-state index in [4.69, 9.17) is 16.3 Å². The summed E-state index contributed by atoms with van der Waals surface area (Å²) in [6.45, 7) is 2.90. The van der Waals surface area contributed by atoms with Crippen LogP contribution in [0, 0.1) is 29.5 Å². The maximum atomic E-state index is 14.7. The van der Waals surface area contributed by atoms with E-state index in [2.05, 4.69) is 6.92 Å². The fourth-order valence-corrected chi connectivity index (χ4v) is 6.30. The molecule has 0 radical (unpaired) electrons. The van der Waals surface area contributed by atoms with Gasteiger partial charge in [-0.3, -0.25) is 0 Å². The van der Waals surface area contributed by atoms with Crippen LogP contribution in [0.4, 0.5) is 4.39 Å². The van der Waals surface area contributed by atoms with Gasteiger partial charge in [0.1, 0.15) is 11.9 Å². The van der Waals surface area contributed by atoms with Gasteiger partial charge in [-0.2, -0.15) is 0 Å². The minimum absolute atomic E-state index is 0.0736. The van der Waals surface area contributed by atoms with Crippen LogP contribution in [0.2, 0.25) is 5.02 Å². The van der Waals surface area contributed by atoms with Crippen molar-refractivity contribution in [3.63, 3.8) is 0 Å². The Morgan fingerprint density at radius 1 is 1.03 bits per heavy atom. The minimum Gasteiger partial charge on any atom is -0.388 e. The zero-order chi connectivity index (χ0) is 20.4. The third-order valence-electron chi connectivity index (χ3n) is 7.88. The largest absolute Gasteiger partial charge is 0.388 e. The molecule has 2 nitrogen and oxygen atoms in total. The van der Waals surface area contributed by atoms with Crippen LogP contribution in [0.1, 0.15) is 101 Å². The highest BCUT2D eigenvalue weighted by Crippen LogP contribution is 2.44. The first kappa shape index (κ1) is 21.6. The summed E-state index contributed by atoms with van der Waals surface area (Å²) < 4.78 is 19.9. The highest BCUT2D eigenvalue weighted by Gasteiger charge is 2.33. The van der Waals surface area contributed by atoms with Gasteiger partial charge in [0.2, 0.25) is 0 Å². The Hall–Kier alpha value is -0.640. The molecule has 2 atom stereocenters. The molecular weight excluding hydrogens is 387 g/mol. The zero-order valence-corrected chi connectivity index (χ0v) is 18.5. The Balaban J connectivity index is 1.26. The van der Waals surface area contributed by atoms with Gasteiger partial charge in [0.25, 0.3) is 0 Å². The minimum atomic E-state index is -0.771. The zero-order valence-electron chi connectivity index (χ0n) is 17.7. The second-order valence-corrected chi connectivity index (χ2v) is 10.2. The molecule has 29 heavy (non-hydrogen) atoms. The number of aliphatic hydroxyl groups excluding tert-OH is 1. The van der Waals surface area contributed by atoms with Gasteiger partial charge in [0, 0.05) is 11.1 Å². The Labute approximate surface area is 180 Å². The van der Waals surface area contributed by atoms with Crippen molar-refractivity contribution >= 4 is 11.6 Å². The predicted octanol–water partition coefficient (Wildman–Crippen LogP) is 7.39. The third-order valence-corrected chi connectivity index (χ3v) is 8.27. The Morgan fingerprint density at radius 3 is 2.17 bits per heavy atom. The average Bonchev–Trinajstić information content (AvgIpc) is 3.56. The van der Waals surface area contributed by atoms with Gasteiger partial charge in [-0.25, -0.2) is 4.39 Å². The van der Waals surface area contributed by atoms with E-state index in [1.807, 2.05) is 6.07 Å². The van der Waals surface area contributed by atoms with Gasteiger partial charge in [-0.1, -0.05) is 69.2 Å². The molecule has 0 amide bonds. The van der Waals surface area contributed by atoms with Gasteiger partial charge < -0.3 is 9.84 Å². The van der Waals surface area contributed by atoms with Crippen molar-refractivity contribution in [3.05, 3.63) is 34.1 Å². The Kier molecular flexibility index (Phi) is 7.19. The molecule has 1 aliphatic heterocycles. The maximum Gasteiger partial charge on any atom is 0.147 e. The molecule has 3 fully saturated rings. The lowest BCUT2D eigenvalue weighted by atomic mass is 9.68. The topological polar surface area (TPSA) is 32.8 Å². The van der Waals surface area contributed by atoms with Gasteiger partial charge in [0.15, 0.2) is 0 Å². The van der Waals surface area contributed by atoms with Crippen molar-refractivity contribution in [1.82, 2.24) is 0 Å². The summed E-state index contributed by atoms with van der Waals surface area (Å²) in [5.41, 5.74) is 1.05. The molecule has 3 aliphatic rings. The van der Waals surface area contributed by atoms with E-state index in [1.54, 1.807) is 6.07 Å². The molecule has 1 heterocycles. The summed E-state index contributed by atoms with van der Waals surface area (Å²) in [5, 5.41) is 10.8. The van der Waals surface area contributed by atoms with Crippen LogP contribution in [-0.4, -0.2) is 11.7 Å². The van der Waals surface area contributed by atoms with E-state index >= 15 is 0 Å². The second-order valence-electron chi connectivity index (χ2n) is 9.80. The summed E-state index contributed by atoms with van der Waals surface area (Å²) in [7, 11) is 0. The first-order valence-corrected chi connectivity index (χ1v) is 12.2. The van der Waals surface area contributed by atoms with E-state index in [0.29, 0.717) is 30.1 Å². The quantitative estimate of drug-likeness (QED) is 0.464. The molecule has 162 valence electrons. The molecule has 1 aromatic carbocycles. The molecule has 1 N–H and O–H groups in total. The molecule has 2 unspecified atom stereocenters. The highest BCUT2D eigenvalue weighted by atomic mass is 35.5. The van der Waals surface area contributed by atoms with E-state index in [-0.39, 0.29) is 11.1 Å². The number of epoxide rings is 1. The van der Waals surface area contributed by atoms with Crippen molar-refractivity contribution in [2.75, 3.05) is 6.61 Å². The first-order valence-electron chi connectivity index (χ1n) is 11.8. The Morgan fingerprint density at radius 2 is 1.62 bits per heavy atom. The number of rotatable bonds is 7. The molecule has 4 heteroatoms. The van der Waals surface area contributed by atoms with Crippen LogP contribution in [0.5, 0.6) is 0 Å². The lowest BCUT2D eigenvalue weighted by Crippen LogP contribution is -2.26. The molecular formula is C25H36ClFO2. The molecule has 0 spiro atoms. The van der Waals surface area contributed by atoms with E-state index in [1.165, 1.54) is 64.2 Å². The monoisotopic (exact) mass is 422 g/mol. The lowest BCUT2D eigenvalue weighted by molar-refractivity contribution is 0.0990. The second kappa shape index (κ2) is 9.66. The van der Waals surface area contributed by atoms with Crippen molar-refractivity contribution in [3.8, 4) is 0 Å². The van der Waals surface area contributed by atoms with Crippen LogP contribution in [0.3, 0.4) is 0 Å². The molecule has 0 bridgehead atoms. The molecule has 4 rings (SSSR count). The van der Waals surface area contributed by atoms with E-state index in [9.17, 15) is 9.50 Å². The average molecular weight is 423 g/mol. The van der Waals surface area contributed by atoms with Gasteiger partial charge in [0.05, 0.1) is 17.7 Å². The third kappa shape index (κ3) is 5.17. The maximum absolute atomic E-state index is 14.7. The summed E-state index contributed by atoms with van der Waals surface area (Å²) in [6, 6.07) is 3.51. The molecule has 1 saturated heterocycles.